The number of carbonyl (C=O) groups is 1. The van der Waals surface area contributed by atoms with Gasteiger partial charge >= 0.3 is 0 Å². The van der Waals surface area contributed by atoms with Crippen LogP contribution in [0.5, 0.6) is 0 Å². The van der Waals surface area contributed by atoms with Gasteiger partial charge in [0.2, 0.25) is 0 Å². The first-order valence-electron chi connectivity index (χ1n) is 7.40. The molecule has 1 aromatic heterocycles. The molecule has 2 rings (SSSR count). The zero-order valence-electron chi connectivity index (χ0n) is 12.9. The number of amides is 1. The van der Waals surface area contributed by atoms with Crippen molar-refractivity contribution in [3.8, 4) is 0 Å². The number of hydrogen-bond acceptors (Lipinski definition) is 6. The summed E-state index contributed by atoms with van der Waals surface area (Å²) in [6.45, 7) is 9.13. The summed E-state index contributed by atoms with van der Waals surface area (Å²) >= 11 is 1.36. The van der Waals surface area contributed by atoms with Crippen molar-refractivity contribution in [3.63, 3.8) is 0 Å². The largest absolute Gasteiger partial charge is 0.382 e. The second-order valence-electron chi connectivity index (χ2n) is 5.53. The Balaban J connectivity index is 2.12. The van der Waals surface area contributed by atoms with Crippen LogP contribution in [0.1, 0.15) is 43.3 Å². The Morgan fingerprint density at radius 1 is 1.43 bits per heavy atom. The fourth-order valence-corrected chi connectivity index (χ4v) is 3.06. The topological polar surface area (TPSA) is 80.5 Å². The van der Waals surface area contributed by atoms with Gasteiger partial charge in [-0.05, 0) is 19.8 Å². The molecule has 0 spiro atoms. The van der Waals surface area contributed by atoms with Crippen molar-refractivity contribution in [1.82, 2.24) is 10.3 Å². The molecule has 0 radical (unpaired) electrons. The van der Waals surface area contributed by atoms with Gasteiger partial charge in [0.25, 0.3) is 5.91 Å². The van der Waals surface area contributed by atoms with Crippen molar-refractivity contribution in [1.29, 1.82) is 0 Å². The first kappa shape index (κ1) is 16.0. The van der Waals surface area contributed by atoms with Crippen molar-refractivity contribution in [2.24, 2.45) is 0 Å². The van der Waals surface area contributed by atoms with Gasteiger partial charge in [-0.15, -0.1) is 0 Å². The van der Waals surface area contributed by atoms with Crippen molar-refractivity contribution in [2.75, 3.05) is 36.9 Å². The van der Waals surface area contributed by atoms with Crippen LogP contribution in [0.2, 0.25) is 0 Å². The van der Waals surface area contributed by atoms with E-state index in [1.165, 1.54) is 11.3 Å². The molecule has 0 atom stereocenters. The van der Waals surface area contributed by atoms with Gasteiger partial charge in [-0.2, -0.15) is 0 Å². The van der Waals surface area contributed by atoms with Gasteiger partial charge in [0.05, 0.1) is 13.2 Å². The standard InChI is InChI=1S/C14H24N4O2S/c1-4-14(3,5-2)17-12(19)10-11(15)16-13(21-10)18-6-8-20-9-7-18/h4-9,15H2,1-3H3,(H,17,19). The average molecular weight is 312 g/mol. The number of aromatic nitrogens is 1. The SMILES string of the molecule is CCC(C)(CC)NC(=O)c1sc(N2CCOCC2)nc1N. The highest BCUT2D eigenvalue weighted by Gasteiger charge is 2.26. The van der Waals surface area contributed by atoms with Gasteiger partial charge in [0.15, 0.2) is 5.13 Å². The lowest BCUT2D eigenvalue weighted by Crippen LogP contribution is -2.44. The molecule has 1 saturated heterocycles. The van der Waals surface area contributed by atoms with E-state index in [-0.39, 0.29) is 11.4 Å². The second kappa shape index (κ2) is 6.62. The zero-order chi connectivity index (χ0) is 15.5. The van der Waals surface area contributed by atoms with E-state index in [2.05, 4.69) is 29.0 Å². The Bertz CT molecular complexity index is 493. The van der Waals surface area contributed by atoms with Gasteiger partial charge in [0, 0.05) is 18.6 Å². The molecule has 1 aliphatic heterocycles. The molecular formula is C14H24N4O2S. The van der Waals surface area contributed by atoms with Crippen molar-refractivity contribution in [3.05, 3.63) is 4.88 Å². The van der Waals surface area contributed by atoms with Gasteiger partial charge in [-0.3, -0.25) is 4.79 Å². The summed E-state index contributed by atoms with van der Waals surface area (Å²) in [4.78, 5) is 19.4. The highest BCUT2D eigenvalue weighted by atomic mass is 32.1. The molecule has 6 nitrogen and oxygen atoms in total. The quantitative estimate of drug-likeness (QED) is 0.867. The van der Waals surface area contributed by atoms with Crippen LogP contribution >= 0.6 is 11.3 Å². The van der Waals surface area contributed by atoms with Gasteiger partial charge in [0.1, 0.15) is 10.7 Å². The lowest BCUT2D eigenvalue weighted by Gasteiger charge is -2.28. The van der Waals surface area contributed by atoms with E-state index in [1.54, 1.807) is 0 Å². The number of nitrogen functional groups attached to an aromatic ring is 1. The van der Waals surface area contributed by atoms with Gasteiger partial charge < -0.3 is 20.7 Å². The third-order valence-electron chi connectivity index (χ3n) is 4.11. The molecule has 2 heterocycles. The maximum absolute atomic E-state index is 12.4. The molecule has 1 aromatic rings. The third kappa shape index (κ3) is 3.65. The number of ether oxygens (including phenoxy) is 1. The number of anilines is 2. The molecular weight excluding hydrogens is 288 g/mol. The summed E-state index contributed by atoms with van der Waals surface area (Å²) in [6, 6.07) is 0. The molecule has 3 N–H and O–H groups in total. The molecule has 0 aliphatic carbocycles. The number of thiazole rings is 1. The van der Waals surface area contributed by atoms with Crippen LogP contribution in [0, 0.1) is 0 Å². The predicted octanol–water partition coefficient (Wildman–Crippen LogP) is 1.87. The number of nitrogens with one attached hydrogen (secondary N) is 1. The minimum absolute atomic E-state index is 0.129. The molecule has 1 amide bonds. The third-order valence-corrected chi connectivity index (χ3v) is 5.24. The van der Waals surface area contributed by atoms with E-state index in [4.69, 9.17) is 10.5 Å². The smallest absolute Gasteiger partial charge is 0.265 e. The minimum atomic E-state index is -0.202. The predicted molar refractivity (Wildman–Crippen MR) is 86.0 cm³/mol. The van der Waals surface area contributed by atoms with Gasteiger partial charge in [-0.1, -0.05) is 25.2 Å². The maximum Gasteiger partial charge on any atom is 0.265 e. The van der Waals surface area contributed by atoms with E-state index in [1.807, 2.05) is 6.92 Å². The summed E-state index contributed by atoms with van der Waals surface area (Å²) in [5.74, 6) is 0.184. The van der Waals surface area contributed by atoms with Crippen LogP contribution in [0.3, 0.4) is 0 Å². The fourth-order valence-electron chi connectivity index (χ4n) is 2.13. The molecule has 0 bridgehead atoms. The number of morpholine rings is 1. The number of rotatable bonds is 5. The van der Waals surface area contributed by atoms with E-state index in [9.17, 15) is 4.79 Å². The maximum atomic E-state index is 12.4. The van der Waals surface area contributed by atoms with E-state index in [0.29, 0.717) is 23.9 Å². The molecule has 1 fully saturated rings. The summed E-state index contributed by atoms with van der Waals surface area (Å²) in [5.41, 5.74) is 5.73. The summed E-state index contributed by atoms with van der Waals surface area (Å²) < 4.78 is 5.33. The zero-order valence-corrected chi connectivity index (χ0v) is 13.8. The van der Waals surface area contributed by atoms with E-state index >= 15 is 0 Å². The Labute approximate surface area is 129 Å². The second-order valence-corrected chi connectivity index (χ2v) is 6.51. The molecule has 0 saturated carbocycles. The average Bonchev–Trinajstić information content (AvgIpc) is 2.90. The number of nitrogens with zero attached hydrogens (tertiary/aromatic N) is 2. The Kier molecular flexibility index (Phi) is 5.05. The Morgan fingerprint density at radius 2 is 2.05 bits per heavy atom. The van der Waals surface area contributed by atoms with Crippen LogP contribution in [0.15, 0.2) is 0 Å². The fraction of sp³-hybridized carbons (Fsp3) is 0.714. The Hall–Kier alpha value is -1.34. The number of nitrogens with two attached hydrogens (primary N) is 1. The molecule has 0 unspecified atom stereocenters. The summed E-state index contributed by atoms with van der Waals surface area (Å²) in [6.07, 6.45) is 1.76. The van der Waals surface area contributed by atoms with E-state index < -0.39 is 0 Å². The van der Waals surface area contributed by atoms with E-state index in [0.717, 1.165) is 31.1 Å². The first-order valence-corrected chi connectivity index (χ1v) is 8.22. The lowest BCUT2D eigenvalue weighted by molar-refractivity contribution is 0.0906. The highest BCUT2D eigenvalue weighted by Crippen LogP contribution is 2.29. The monoisotopic (exact) mass is 312 g/mol. The normalized spacial score (nSPS) is 16.0. The highest BCUT2D eigenvalue weighted by molar-refractivity contribution is 7.18. The summed E-state index contributed by atoms with van der Waals surface area (Å²) in [5, 5.41) is 3.88. The van der Waals surface area contributed by atoms with Crippen molar-refractivity contribution >= 4 is 28.2 Å². The number of carbonyl (C=O) groups excluding carboxylic acids is 1. The van der Waals surface area contributed by atoms with Crippen LogP contribution in [-0.2, 0) is 4.74 Å². The van der Waals surface area contributed by atoms with Gasteiger partial charge in [-0.25, -0.2) is 4.98 Å². The molecule has 21 heavy (non-hydrogen) atoms. The van der Waals surface area contributed by atoms with Crippen LogP contribution in [0.25, 0.3) is 0 Å². The molecule has 7 heteroatoms. The van der Waals surface area contributed by atoms with Crippen molar-refractivity contribution < 1.29 is 9.53 Å². The van der Waals surface area contributed by atoms with Crippen LogP contribution < -0.4 is 16.0 Å². The molecule has 0 aromatic carbocycles. The number of hydrogen-bond donors (Lipinski definition) is 2. The summed E-state index contributed by atoms with van der Waals surface area (Å²) in [7, 11) is 0. The molecule has 1 aliphatic rings. The van der Waals surface area contributed by atoms with Crippen LogP contribution in [0.4, 0.5) is 10.9 Å². The first-order chi connectivity index (χ1) is 9.99. The van der Waals surface area contributed by atoms with Crippen molar-refractivity contribution in [2.45, 2.75) is 39.2 Å². The minimum Gasteiger partial charge on any atom is -0.382 e. The Morgan fingerprint density at radius 3 is 2.62 bits per heavy atom. The van der Waals surface area contributed by atoms with Crippen LogP contribution in [-0.4, -0.2) is 42.7 Å². The lowest BCUT2D eigenvalue weighted by atomic mass is 9.95. The molecule has 118 valence electrons.